The molecular formula is C14H15N5. The van der Waals surface area contributed by atoms with Gasteiger partial charge in [0.1, 0.15) is 0 Å². The maximum atomic E-state index is 6.05. The summed E-state index contributed by atoms with van der Waals surface area (Å²) in [7, 11) is 0. The molecule has 0 fully saturated rings. The molecule has 0 amide bonds. The average molecular weight is 253 g/mol. The van der Waals surface area contributed by atoms with Crippen molar-refractivity contribution in [3.63, 3.8) is 0 Å². The Hall–Kier alpha value is -2.43. The smallest absolute Gasteiger partial charge is 0.255 e. The van der Waals surface area contributed by atoms with Gasteiger partial charge in [-0.15, -0.1) is 10.2 Å². The summed E-state index contributed by atoms with van der Waals surface area (Å²) in [6, 6.07) is 7.90. The maximum absolute atomic E-state index is 6.05. The Balaban J connectivity index is 2.34. The summed E-state index contributed by atoms with van der Waals surface area (Å²) in [5, 5.41) is 8.37. The van der Waals surface area contributed by atoms with Gasteiger partial charge in [0.2, 0.25) is 0 Å². The molecule has 2 aromatic heterocycles. The number of fused-ring (bicyclic) bond motifs is 1. The molecule has 0 atom stereocenters. The van der Waals surface area contributed by atoms with E-state index in [1.807, 2.05) is 49.4 Å². The monoisotopic (exact) mass is 253 g/mol. The van der Waals surface area contributed by atoms with E-state index in [9.17, 15) is 0 Å². The quantitative estimate of drug-likeness (QED) is 0.676. The average Bonchev–Trinajstić information content (AvgIpc) is 2.76. The summed E-state index contributed by atoms with van der Waals surface area (Å²) in [6.45, 7) is 5.99. The zero-order valence-corrected chi connectivity index (χ0v) is 11.2. The van der Waals surface area contributed by atoms with Crippen molar-refractivity contribution in [1.82, 2.24) is 19.6 Å². The van der Waals surface area contributed by atoms with Crippen molar-refractivity contribution in [3.8, 4) is 11.4 Å². The number of hydrogen-bond acceptors (Lipinski definition) is 4. The zero-order valence-electron chi connectivity index (χ0n) is 11.2. The molecule has 3 aromatic rings. The molecule has 0 aliphatic heterocycles. The molecule has 0 aliphatic carbocycles. The van der Waals surface area contributed by atoms with Gasteiger partial charge in [0, 0.05) is 22.6 Å². The minimum atomic E-state index is 0.605. The van der Waals surface area contributed by atoms with Crippen LogP contribution in [0.25, 0.3) is 17.2 Å². The summed E-state index contributed by atoms with van der Waals surface area (Å²) in [6.07, 6.45) is 0. The van der Waals surface area contributed by atoms with Gasteiger partial charge in [-0.25, -0.2) is 4.98 Å². The molecule has 5 heteroatoms. The first-order chi connectivity index (χ1) is 9.06. The fourth-order valence-corrected chi connectivity index (χ4v) is 2.27. The molecule has 0 aliphatic rings. The van der Waals surface area contributed by atoms with Crippen molar-refractivity contribution < 1.29 is 0 Å². The third-order valence-electron chi connectivity index (χ3n) is 3.14. The minimum Gasteiger partial charge on any atom is -0.398 e. The number of nitrogens with two attached hydrogens (primary N) is 1. The van der Waals surface area contributed by atoms with Crippen LogP contribution < -0.4 is 5.73 Å². The van der Waals surface area contributed by atoms with Crippen molar-refractivity contribution in [2.75, 3.05) is 5.73 Å². The van der Waals surface area contributed by atoms with Crippen LogP contribution in [-0.2, 0) is 0 Å². The van der Waals surface area contributed by atoms with Gasteiger partial charge in [0.15, 0.2) is 5.82 Å². The molecule has 5 nitrogen and oxygen atoms in total. The van der Waals surface area contributed by atoms with Crippen molar-refractivity contribution in [2.45, 2.75) is 20.8 Å². The Kier molecular flexibility index (Phi) is 2.48. The Morgan fingerprint density at radius 1 is 1.05 bits per heavy atom. The van der Waals surface area contributed by atoms with Crippen LogP contribution in [0.5, 0.6) is 0 Å². The number of aromatic nitrogens is 4. The van der Waals surface area contributed by atoms with Crippen molar-refractivity contribution in [2.24, 2.45) is 0 Å². The van der Waals surface area contributed by atoms with Crippen LogP contribution in [-0.4, -0.2) is 19.6 Å². The van der Waals surface area contributed by atoms with Crippen LogP contribution in [0.4, 0.5) is 5.69 Å². The summed E-state index contributed by atoms with van der Waals surface area (Å²) >= 11 is 0. The lowest BCUT2D eigenvalue weighted by molar-refractivity contribution is 1.02. The fourth-order valence-electron chi connectivity index (χ4n) is 2.27. The number of nitrogen functional groups attached to an aromatic ring is 1. The largest absolute Gasteiger partial charge is 0.398 e. The number of benzene rings is 1. The molecule has 0 saturated carbocycles. The summed E-state index contributed by atoms with van der Waals surface area (Å²) in [4.78, 5) is 4.38. The van der Waals surface area contributed by atoms with Crippen LogP contribution >= 0.6 is 0 Å². The molecule has 19 heavy (non-hydrogen) atoms. The summed E-state index contributed by atoms with van der Waals surface area (Å²) < 4.78 is 1.93. The lowest BCUT2D eigenvalue weighted by atomic mass is 10.1. The van der Waals surface area contributed by atoms with Gasteiger partial charge in [0.05, 0.1) is 0 Å². The lowest BCUT2D eigenvalue weighted by Gasteiger charge is -2.07. The number of nitrogens with zero attached hydrogens (tertiary/aromatic N) is 4. The van der Waals surface area contributed by atoms with E-state index in [0.29, 0.717) is 11.5 Å². The molecule has 0 radical (unpaired) electrons. The van der Waals surface area contributed by atoms with E-state index in [4.69, 9.17) is 5.73 Å². The van der Waals surface area contributed by atoms with E-state index in [-0.39, 0.29) is 0 Å². The lowest BCUT2D eigenvalue weighted by Crippen LogP contribution is -2.00. The van der Waals surface area contributed by atoms with E-state index in [2.05, 4.69) is 15.2 Å². The highest BCUT2D eigenvalue weighted by atomic mass is 15.3. The van der Waals surface area contributed by atoms with Gasteiger partial charge in [-0.05, 0) is 39.0 Å². The molecule has 0 saturated heterocycles. The SMILES string of the molecule is Cc1ccc(N)c(-c2nnc3nc(C)cc(C)n23)c1. The van der Waals surface area contributed by atoms with Gasteiger partial charge in [0.25, 0.3) is 5.78 Å². The highest BCUT2D eigenvalue weighted by Gasteiger charge is 2.13. The molecule has 3 rings (SSSR count). The van der Waals surface area contributed by atoms with E-state index >= 15 is 0 Å². The van der Waals surface area contributed by atoms with Crippen LogP contribution in [0.15, 0.2) is 24.3 Å². The first-order valence-corrected chi connectivity index (χ1v) is 6.12. The van der Waals surface area contributed by atoms with Crippen molar-refractivity contribution >= 4 is 11.5 Å². The normalized spacial score (nSPS) is 11.1. The van der Waals surface area contributed by atoms with Gasteiger partial charge < -0.3 is 5.73 Å². The Morgan fingerprint density at radius 3 is 2.63 bits per heavy atom. The van der Waals surface area contributed by atoms with Gasteiger partial charge in [-0.2, -0.15) is 0 Å². The second-order valence-corrected chi connectivity index (χ2v) is 4.79. The summed E-state index contributed by atoms with van der Waals surface area (Å²) in [5.74, 6) is 1.34. The molecule has 2 heterocycles. The zero-order chi connectivity index (χ0) is 13.6. The van der Waals surface area contributed by atoms with E-state index < -0.39 is 0 Å². The van der Waals surface area contributed by atoms with E-state index in [1.165, 1.54) is 0 Å². The molecule has 1 aromatic carbocycles. The topological polar surface area (TPSA) is 69.1 Å². The second-order valence-electron chi connectivity index (χ2n) is 4.79. The predicted molar refractivity (Wildman–Crippen MR) is 74.8 cm³/mol. The van der Waals surface area contributed by atoms with Crippen LogP contribution in [0.3, 0.4) is 0 Å². The molecule has 0 unspecified atom stereocenters. The second kappa shape index (κ2) is 4.05. The third kappa shape index (κ3) is 1.83. The van der Waals surface area contributed by atoms with Crippen LogP contribution in [0.2, 0.25) is 0 Å². The highest BCUT2D eigenvalue weighted by Crippen LogP contribution is 2.26. The van der Waals surface area contributed by atoms with Crippen LogP contribution in [0, 0.1) is 20.8 Å². The molecule has 0 bridgehead atoms. The predicted octanol–water partition coefficient (Wildman–Crippen LogP) is 2.30. The van der Waals surface area contributed by atoms with Gasteiger partial charge in [-0.3, -0.25) is 4.40 Å². The van der Waals surface area contributed by atoms with Crippen molar-refractivity contribution in [1.29, 1.82) is 0 Å². The maximum Gasteiger partial charge on any atom is 0.255 e. The fraction of sp³-hybridized carbons (Fsp3) is 0.214. The molecule has 96 valence electrons. The molecule has 0 spiro atoms. The summed E-state index contributed by atoms with van der Waals surface area (Å²) in [5.41, 5.74) is 10.7. The Morgan fingerprint density at radius 2 is 1.84 bits per heavy atom. The first kappa shape index (κ1) is 11.6. The molecular weight excluding hydrogens is 238 g/mol. The number of anilines is 1. The number of hydrogen-bond donors (Lipinski definition) is 1. The van der Waals surface area contributed by atoms with Gasteiger partial charge in [-0.1, -0.05) is 11.6 Å². The minimum absolute atomic E-state index is 0.605. The molecule has 2 N–H and O–H groups in total. The van der Waals surface area contributed by atoms with Crippen molar-refractivity contribution in [3.05, 3.63) is 41.2 Å². The Labute approximate surface area is 111 Å². The standard InChI is InChI=1S/C14H15N5/c1-8-4-5-12(15)11(6-8)13-17-18-14-16-9(2)7-10(3)19(13)14/h4-7H,15H2,1-3H3. The number of aryl methyl sites for hydroxylation is 3. The third-order valence-corrected chi connectivity index (χ3v) is 3.14. The van der Waals surface area contributed by atoms with Gasteiger partial charge >= 0.3 is 0 Å². The Bertz CT molecular complexity index is 773. The number of rotatable bonds is 1. The first-order valence-electron chi connectivity index (χ1n) is 6.12. The van der Waals surface area contributed by atoms with E-state index in [0.717, 1.165) is 28.3 Å². The highest BCUT2D eigenvalue weighted by molar-refractivity contribution is 5.73. The van der Waals surface area contributed by atoms with Crippen LogP contribution in [0.1, 0.15) is 17.0 Å². The van der Waals surface area contributed by atoms with E-state index in [1.54, 1.807) is 0 Å².